The minimum atomic E-state index is -0.959. The van der Waals surface area contributed by atoms with Gasteiger partial charge in [0.2, 0.25) is 11.8 Å². The van der Waals surface area contributed by atoms with Crippen LogP contribution in [0.25, 0.3) is 0 Å². The molecule has 12 nitrogen and oxygen atoms in total. The first-order valence-electron chi connectivity index (χ1n) is 11.7. The number of ether oxygens (including phenoxy) is 2. The first-order valence-corrected chi connectivity index (χ1v) is 13.3. The number of halogens is 2. The van der Waals surface area contributed by atoms with Crippen molar-refractivity contribution in [1.29, 1.82) is 0 Å². The van der Waals surface area contributed by atoms with Gasteiger partial charge in [-0.2, -0.15) is 0 Å². The van der Waals surface area contributed by atoms with Crippen LogP contribution in [0.2, 0.25) is 0 Å². The average molecular weight is 662 g/mol. The van der Waals surface area contributed by atoms with Crippen LogP contribution in [-0.2, 0) is 35.3 Å². The number of anilines is 1. The molecule has 0 aromatic heterocycles. The molecule has 1 aromatic rings. The van der Waals surface area contributed by atoms with E-state index in [0.717, 1.165) is 4.90 Å². The number of carbonyl (C=O) groups excluding carboxylic acids is 5. The smallest absolute Gasteiger partial charge is 0.407 e. The lowest BCUT2D eigenvalue weighted by Gasteiger charge is -2.23. The number of imide groups is 1. The van der Waals surface area contributed by atoms with E-state index in [2.05, 4.69) is 47.8 Å². The van der Waals surface area contributed by atoms with E-state index in [9.17, 15) is 24.0 Å². The van der Waals surface area contributed by atoms with Crippen LogP contribution in [0.4, 0.5) is 10.5 Å². The summed E-state index contributed by atoms with van der Waals surface area (Å²) >= 11 is 6.07. The molecule has 0 saturated heterocycles. The van der Waals surface area contributed by atoms with E-state index < -0.39 is 41.8 Å². The number of nitrogens with zero attached hydrogens (tertiary/aromatic N) is 1. The van der Waals surface area contributed by atoms with E-state index in [4.69, 9.17) is 14.6 Å². The number of hydrogen-bond acceptors (Lipinski definition) is 8. The zero-order chi connectivity index (χ0) is 28.4. The number of amides is 5. The first kappa shape index (κ1) is 31.4. The molecule has 1 aliphatic rings. The maximum absolute atomic E-state index is 12.7. The molecule has 0 unspecified atom stereocenters. The Morgan fingerprint density at radius 1 is 0.921 bits per heavy atom. The van der Waals surface area contributed by atoms with E-state index >= 15 is 0 Å². The third-order valence-electron chi connectivity index (χ3n) is 5.36. The zero-order valence-electron chi connectivity index (χ0n) is 21.1. The summed E-state index contributed by atoms with van der Waals surface area (Å²) in [7, 11) is 0. The summed E-state index contributed by atoms with van der Waals surface area (Å²) in [6.45, 7) is 4.82. The second-order valence-corrected chi connectivity index (χ2v) is 10.2. The molecule has 14 heteroatoms. The molecule has 1 aliphatic heterocycles. The van der Waals surface area contributed by atoms with Crippen molar-refractivity contribution in [2.24, 2.45) is 5.92 Å². The fraction of sp³-hybridized carbons (Fsp3) is 0.458. The molecule has 0 fully saturated rings. The van der Waals surface area contributed by atoms with Crippen LogP contribution in [0, 0.1) is 5.92 Å². The van der Waals surface area contributed by atoms with Crippen molar-refractivity contribution in [1.82, 2.24) is 15.5 Å². The van der Waals surface area contributed by atoms with Gasteiger partial charge in [0.25, 0.3) is 11.8 Å². The molecule has 0 spiro atoms. The van der Waals surface area contributed by atoms with Gasteiger partial charge >= 0.3 is 6.09 Å². The summed E-state index contributed by atoms with van der Waals surface area (Å²) in [5.74, 6) is -2.25. The molecule has 1 heterocycles. The Balaban J connectivity index is 1.72. The maximum Gasteiger partial charge on any atom is 0.407 e. The average Bonchev–Trinajstić information content (AvgIpc) is 3.06. The Labute approximate surface area is 236 Å². The summed E-state index contributed by atoms with van der Waals surface area (Å²) in [5, 5.41) is 16.8. The Bertz CT molecular complexity index is 1050. The molecule has 1 aromatic carbocycles. The molecule has 0 bridgehead atoms. The fourth-order valence-electron chi connectivity index (χ4n) is 3.19. The summed E-state index contributed by atoms with van der Waals surface area (Å²) in [6.07, 6.45) is -0.842. The normalized spacial score (nSPS) is 15.0. The van der Waals surface area contributed by atoms with Crippen LogP contribution >= 0.6 is 31.9 Å². The first-order chi connectivity index (χ1) is 18.0. The lowest BCUT2D eigenvalue weighted by molar-refractivity contribution is -0.138. The SMILES string of the molecule is CC(C)[C@H](NC(=O)OCCOCCN1C(=O)C(Br)=C(Br)C1=O)C(=O)N[C@@H](C)C(=O)Nc1ccc(CO)cc1. The van der Waals surface area contributed by atoms with E-state index in [1.807, 2.05) is 0 Å². The number of alkyl carbamates (subject to hydrolysis) is 1. The van der Waals surface area contributed by atoms with Crippen LogP contribution in [0.3, 0.4) is 0 Å². The van der Waals surface area contributed by atoms with Crippen LogP contribution in [0.15, 0.2) is 33.2 Å². The van der Waals surface area contributed by atoms with Crippen LogP contribution < -0.4 is 16.0 Å². The lowest BCUT2D eigenvalue weighted by atomic mass is 10.0. The van der Waals surface area contributed by atoms with Crippen molar-refractivity contribution in [3.8, 4) is 0 Å². The molecule has 0 radical (unpaired) electrons. The highest BCUT2D eigenvalue weighted by atomic mass is 79.9. The van der Waals surface area contributed by atoms with Crippen molar-refractivity contribution in [2.75, 3.05) is 31.7 Å². The molecule has 38 heavy (non-hydrogen) atoms. The topological polar surface area (TPSA) is 163 Å². The van der Waals surface area contributed by atoms with Gasteiger partial charge in [0.05, 0.1) is 26.4 Å². The Hall–Kier alpha value is -2.81. The van der Waals surface area contributed by atoms with Gasteiger partial charge in [-0.15, -0.1) is 0 Å². The molecule has 2 atom stereocenters. The summed E-state index contributed by atoms with van der Waals surface area (Å²) in [6, 6.07) is 4.75. The predicted molar refractivity (Wildman–Crippen MR) is 144 cm³/mol. The number of aliphatic hydroxyl groups is 1. The van der Waals surface area contributed by atoms with Gasteiger partial charge in [0.1, 0.15) is 27.7 Å². The van der Waals surface area contributed by atoms with Gasteiger partial charge < -0.3 is 30.5 Å². The molecular formula is C24H30Br2N4O8. The summed E-state index contributed by atoms with van der Waals surface area (Å²) in [4.78, 5) is 62.2. The molecule has 0 saturated carbocycles. The lowest BCUT2D eigenvalue weighted by Crippen LogP contribution is -2.53. The molecule has 208 valence electrons. The van der Waals surface area contributed by atoms with Crippen molar-refractivity contribution >= 4 is 67.3 Å². The highest BCUT2D eigenvalue weighted by Crippen LogP contribution is 2.29. The standard InChI is InChI=1S/C24H30Br2N4O8/c1-13(2)19(21(33)27-14(3)20(32)28-16-6-4-15(12-31)5-7-16)29-24(36)38-11-10-37-9-8-30-22(34)17(25)18(26)23(30)35/h4-7,13-14,19,31H,8-12H2,1-3H3,(H,27,33)(H,28,32)(H,29,36)/t14-,19-/m0/s1. The Morgan fingerprint density at radius 2 is 1.53 bits per heavy atom. The van der Waals surface area contributed by atoms with Crippen molar-refractivity contribution in [3.63, 3.8) is 0 Å². The predicted octanol–water partition coefficient (Wildman–Crippen LogP) is 1.76. The minimum Gasteiger partial charge on any atom is -0.447 e. The van der Waals surface area contributed by atoms with Crippen molar-refractivity contribution in [3.05, 3.63) is 38.8 Å². The van der Waals surface area contributed by atoms with E-state index in [1.165, 1.54) is 6.92 Å². The maximum atomic E-state index is 12.7. The van der Waals surface area contributed by atoms with Crippen LogP contribution in [0.5, 0.6) is 0 Å². The summed E-state index contributed by atoms with van der Waals surface area (Å²) < 4.78 is 10.7. The summed E-state index contributed by atoms with van der Waals surface area (Å²) in [5.41, 5.74) is 1.21. The van der Waals surface area contributed by atoms with Gasteiger partial charge in [0.15, 0.2) is 0 Å². The quantitative estimate of drug-likeness (QED) is 0.184. The second kappa shape index (κ2) is 15.0. The number of benzene rings is 1. The van der Waals surface area contributed by atoms with Crippen LogP contribution in [0.1, 0.15) is 26.3 Å². The number of carbonyl (C=O) groups is 5. The Morgan fingerprint density at radius 3 is 2.08 bits per heavy atom. The highest BCUT2D eigenvalue weighted by molar-refractivity contribution is 9.14. The molecule has 2 rings (SSSR count). The molecule has 4 N–H and O–H groups in total. The van der Waals surface area contributed by atoms with Gasteiger partial charge in [-0.25, -0.2) is 4.79 Å². The number of nitrogens with one attached hydrogen (secondary N) is 3. The minimum absolute atomic E-state index is 0.00837. The van der Waals surface area contributed by atoms with Gasteiger partial charge in [-0.05, 0) is 62.4 Å². The molecular weight excluding hydrogens is 632 g/mol. The number of aliphatic hydroxyl groups excluding tert-OH is 1. The highest BCUT2D eigenvalue weighted by Gasteiger charge is 2.35. The van der Waals surface area contributed by atoms with Gasteiger partial charge in [0, 0.05) is 5.69 Å². The van der Waals surface area contributed by atoms with Crippen molar-refractivity contribution < 1.29 is 38.6 Å². The van der Waals surface area contributed by atoms with E-state index in [-0.39, 0.29) is 47.9 Å². The number of hydrogen-bond donors (Lipinski definition) is 4. The molecule has 0 aliphatic carbocycles. The zero-order valence-corrected chi connectivity index (χ0v) is 24.3. The third kappa shape index (κ3) is 8.89. The fourth-order valence-corrected chi connectivity index (χ4v) is 3.95. The number of rotatable bonds is 13. The van der Waals surface area contributed by atoms with E-state index in [0.29, 0.717) is 11.3 Å². The van der Waals surface area contributed by atoms with E-state index in [1.54, 1.807) is 38.1 Å². The van der Waals surface area contributed by atoms with Gasteiger partial charge in [-0.1, -0.05) is 26.0 Å². The monoisotopic (exact) mass is 660 g/mol. The Kier molecular flexibility index (Phi) is 12.4. The second-order valence-electron chi connectivity index (χ2n) is 8.58. The van der Waals surface area contributed by atoms with Crippen molar-refractivity contribution in [2.45, 2.75) is 39.5 Å². The largest absolute Gasteiger partial charge is 0.447 e. The molecule has 5 amide bonds. The third-order valence-corrected chi connectivity index (χ3v) is 7.36. The van der Waals surface area contributed by atoms with Crippen LogP contribution in [-0.4, -0.2) is 78.2 Å². The van der Waals surface area contributed by atoms with Gasteiger partial charge in [-0.3, -0.25) is 24.1 Å².